The van der Waals surface area contributed by atoms with Gasteiger partial charge in [-0.25, -0.2) is 26.6 Å². The van der Waals surface area contributed by atoms with Crippen LogP contribution < -0.4 is 4.90 Å². The normalized spacial score (nSPS) is 15.4. The Morgan fingerprint density at radius 1 is 1.03 bits per heavy atom. The maximum Gasteiger partial charge on any atom is 0.247 e. The number of hydrogen-bond donors (Lipinski definition) is 0. The van der Waals surface area contributed by atoms with Crippen LogP contribution in [0.3, 0.4) is 0 Å². The van der Waals surface area contributed by atoms with Gasteiger partial charge in [0.2, 0.25) is 10.0 Å². The van der Waals surface area contributed by atoms with Crippen molar-refractivity contribution >= 4 is 70.0 Å². The van der Waals surface area contributed by atoms with Crippen LogP contribution in [0.25, 0.3) is 11.3 Å². The lowest BCUT2D eigenvalue weighted by atomic mass is 10.2. The Hall–Kier alpha value is -1.18. The first-order valence-electron chi connectivity index (χ1n) is 9.08. The molecular formula is C19H13Br2ClF3N3O2S2. The predicted octanol–water partition coefficient (Wildman–Crippen LogP) is 5.92. The molecule has 0 atom stereocenters. The van der Waals surface area contributed by atoms with E-state index in [1.54, 1.807) is 11.4 Å². The molecule has 1 aliphatic rings. The molecule has 0 saturated carbocycles. The van der Waals surface area contributed by atoms with Crippen molar-refractivity contribution in [2.75, 3.05) is 31.1 Å². The summed E-state index contributed by atoms with van der Waals surface area (Å²) >= 11 is 13.0. The summed E-state index contributed by atoms with van der Waals surface area (Å²) in [5.74, 6) is -2.41. The molecule has 0 spiro atoms. The van der Waals surface area contributed by atoms with E-state index in [4.69, 9.17) is 11.6 Å². The second kappa shape index (κ2) is 9.22. The van der Waals surface area contributed by atoms with Gasteiger partial charge in [-0.2, -0.15) is 4.31 Å². The minimum atomic E-state index is -4.28. The quantitative estimate of drug-likeness (QED) is 0.336. The van der Waals surface area contributed by atoms with Crippen molar-refractivity contribution in [3.63, 3.8) is 0 Å². The molecule has 2 aromatic carbocycles. The fourth-order valence-corrected chi connectivity index (χ4v) is 7.38. The Kier molecular flexibility index (Phi) is 6.91. The van der Waals surface area contributed by atoms with Crippen molar-refractivity contribution in [3.05, 3.63) is 61.1 Å². The van der Waals surface area contributed by atoms with Gasteiger partial charge in [-0.3, -0.25) is 0 Å². The lowest BCUT2D eigenvalue weighted by Gasteiger charge is -2.34. The summed E-state index contributed by atoms with van der Waals surface area (Å²) in [6.45, 7) is 0.712. The first kappa shape index (κ1) is 24.0. The summed E-state index contributed by atoms with van der Waals surface area (Å²) in [5.41, 5.74) is 1.09. The highest BCUT2D eigenvalue weighted by molar-refractivity contribution is 9.11. The van der Waals surface area contributed by atoms with Crippen LogP contribution in [0.15, 0.2) is 43.5 Å². The summed E-state index contributed by atoms with van der Waals surface area (Å²) < 4.78 is 68.6. The maximum absolute atomic E-state index is 14.6. The van der Waals surface area contributed by atoms with Gasteiger partial charge in [-0.1, -0.05) is 11.6 Å². The summed E-state index contributed by atoms with van der Waals surface area (Å²) in [4.78, 5) is 5.66. The number of nitrogens with zero attached hydrogens (tertiary/aromatic N) is 3. The number of halogens is 6. The molecule has 4 rings (SSSR count). The van der Waals surface area contributed by atoms with Crippen molar-refractivity contribution in [1.29, 1.82) is 0 Å². The molecule has 32 heavy (non-hydrogen) atoms. The SMILES string of the molecule is O=S(=O)(c1c(F)c(Br)cc(F)c1Br)N1CCN(c2nc(-c3cc(F)cc(Cl)c3)cs2)CC1. The number of sulfonamides is 1. The van der Waals surface area contributed by atoms with E-state index in [0.717, 1.165) is 10.4 Å². The van der Waals surface area contributed by atoms with Crippen molar-refractivity contribution in [2.24, 2.45) is 0 Å². The van der Waals surface area contributed by atoms with E-state index in [-0.39, 0.29) is 22.6 Å². The standard InChI is InChI=1S/C19H13Br2ClF3N3O2S2/c20-13-8-14(24)16(21)18(17(13)25)32(29,30)28-3-1-27(2-4-28)19-26-15(9-31-19)10-5-11(22)7-12(23)6-10/h5-9H,1-4H2. The van der Waals surface area contributed by atoms with Crippen molar-refractivity contribution in [2.45, 2.75) is 4.90 Å². The smallest absolute Gasteiger partial charge is 0.247 e. The van der Waals surface area contributed by atoms with E-state index in [0.29, 0.717) is 29.5 Å². The zero-order valence-electron chi connectivity index (χ0n) is 16.0. The first-order valence-corrected chi connectivity index (χ1v) is 13.4. The third-order valence-corrected chi connectivity index (χ3v) is 9.51. The molecule has 0 radical (unpaired) electrons. The Bertz CT molecular complexity index is 1250. The molecule has 0 aliphatic carbocycles. The van der Waals surface area contributed by atoms with Crippen LogP contribution in [0.4, 0.5) is 18.3 Å². The summed E-state index contributed by atoms with van der Waals surface area (Å²) in [5, 5.41) is 2.66. The number of anilines is 1. The zero-order chi connectivity index (χ0) is 23.2. The Morgan fingerprint density at radius 2 is 1.72 bits per heavy atom. The molecule has 3 aromatic rings. The zero-order valence-corrected chi connectivity index (χ0v) is 21.5. The average Bonchev–Trinajstić information content (AvgIpc) is 3.22. The molecule has 1 aliphatic heterocycles. The molecule has 2 heterocycles. The van der Waals surface area contributed by atoms with Gasteiger partial charge in [0, 0.05) is 42.1 Å². The number of hydrogen-bond acceptors (Lipinski definition) is 5. The largest absolute Gasteiger partial charge is 0.345 e. The monoisotopic (exact) mass is 629 g/mol. The van der Waals surface area contributed by atoms with Crippen LogP contribution in [0.2, 0.25) is 5.02 Å². The van der Waals surface area contributed by atoms with E-state index in [2.05, 4.69) is 36.8 Å². The number of piperazine rings is 1. The molecule has 1 fully saturated rings. The molecule has 13 heteroatoms. The molecule has 170 valence electrons. The third-order valence-electron chi connectivity index (χ3n) is 4.83. The molecule has 0 unspecified atom stereocenters. The molecule has 1 aromatic heterocycles. The van der Waals surface area contributed by atoms with Gasteiger partial charge in [0.25, 0.3) is 0 Å². The summed E-state index contributed by atoms with van der Waals surface area (Å²) in [6.07, 6.45) is 0. The van der Waals surface area contributed by atoms with Gasteiger partial charge >= 0.3 is 0 Å². The van der Waals surface area contributed by atoms with Crippen LogP contribution in [0.5, 0.6) is 0 Å². The van der Waals surface area contributed by atoms with Gasteiger partial charge in [0.15, 0.2) is 10.9 Å². The van der Waals surface area contributed by atoms with Gasteiger partial charge in [-0.15, -0.1) is 11.3 Å². The van der Waals surface area contributed by atoms with Crippen LogP contribution in [-0.4, -0.2) is 43.9 Å². The molecule has 0 bridgehead atoms. The highest BCUT2D eigenvalue weighted by Gasteiger charge is 2.35. The first-order chi connectivity index (χ1) is 15.1. The maximum atomic E-state index is 14.6. The summed E-state index contributed by atoms with van der Waals surface area (Å²) in [6, 6.07) is 5.01. The van der Waals surface area contributed by atoms with E-state index < -0.39 is 36.8 Å². The van der Waals surface area contributed by atoms with Crippen LogP contribution >= 0.6 is 54.8 Å². The fraction of sp³-hybridized carbons (Fsp3) is 0.211. The second-order valence-electron chi connectivity index (χ2n) is 6.86. The Morgan fingerprint density at radius 3 is 2.38 bits per heavy atom. The van der Waals surface area contributed by atoms with E-state index >= 15 is 0 Å². The molecule has 1 saturated heterocycles. The van der Waals surface area contributed by atoms with Gasteiger partial charge in [-0.05, 0) is 56.1 Å². The number of benzene rings is 2. The highest BCUT2D eigenvalue weighted by atomic mass is 79.9. The summed E-state index contributed by atoms with van der Waals surface area (Å²) in [7, 11) is -4.28. The molecule has 0 N–H and O–H groups in total. The average molecular weight is 632 g/mol. The van der Waals surface area contributed by atoms with Gasteiger partial charge < -0.3 is 4.90 Å². The van der Waals surface area contributed by atoms with Gasteiger partial charge in [0.1, 0.15) is 16.5 Å². The van der Waals surface area contributed by atoms with E-state index in [9.17, 15) is 21.6 Å². The molecular weight excluding hydrogens is 619 g/mol. The molecule has 5 nitrogen and oxygen atoms in total. The third kappa shape index (κ3) is 4.58. The number of thiazole rings is 1. The van der Waals surface area contributed by atoms with Gasteiger partial charge in [0.05, 0.1) is 14.6 Å². The van der Waals surface area contributed by atoms with Crippen molar-refractivity contribution < 1.29 is 21.6 Å². The Labute approximate surface area is 208 Å². The van der Waals surface area contributed by atoms with Crippen molar-refractivity contribution in [3.8, 4) is 11.3 Å². The van der Waals surface area contributed by atoms with Crippen LogP contribution in [0, 0.1) is 17.5 Å². The fourth-order valence-electron chi connectivity index (χ4n) is 3.27. The second-order valence-corrected chi connectivity index (χ2v) is 11.7. The van der Waals surface area contributed by atoms with E-state index in [1.807, 2.05) is 4.90 Å². The van der Waals surface area contributed by atoms with Crippen molar-refractivity contribution in [1.82, 2.24) is 9.29 Å². The lowest BCUT2D eigenvalue weighted by Crippen LogP contribution is -2.48. The van der Waals surface area contributed by atoms with Crippen LogP contribution in [-0.2, 0) is 10.0 Å². The topological polar surface area (TPSA) is 53.5 Å². The van der Waals surface area contributed by atoms with E-state index in [1.165, 1.54) is 23.5 Å². The highest BCUT2D eigenvalue weighted by Crippen LogP contribution is 2.35. The Balaban J connectivity index is 1.52. The molecule has 0 amide bonds. The minimum absolute atomic E-state index is 0.0586. The number of aromatic nitrogens is 1. The van der Waals surface area contributed by atoms with Crippen LogP contribution in [0.1, 0.15) is 0 Å². The predicted molar refractivity (Wildman–Crippen MR) is 125 cm³/mol. The lowest BCUT2D eigenvalue weighted by molar-refractivity contribution is 0.381. The number of rotatable bonds is 4. The minimum Gasteiger partial charge on any atom is -0.345 e.